The average Bonchev–Trinajstić information content (AvgIpc) is 0.818. The summed E-state index contributed by atoms with van der Waals surface area (Å²) >= 11 is 16.8. The topological polar surface area (TPSA) is 50.4 Å². The summed E-state index contributed by atoms with van der Waals surface area (Å²) in [5.41, 5.74) is 30.5. The van der Waals surface area contributed by atoms with E-state index in [1.54, 1.807) is 0 Å². The molecule has 0 fully saturated rings. The number of benzene rings is 16. The predicted octanol–water partition coefficient (Wildman–Crippen LogP) is 26.7. The first-order chi connectivity index (χ1) is 51.5. The van der Waals surface area contributed by atoms with Gasteiger partial charge in [0, 0.05) is 35.0 Å². The van der Waals surface area contributed by atoms with E-state index in [1.165, 1.54) is 100 Å². The number of nitrogens with zero attached hydrogens (tertiary/aromatic N) is 1. The molecule has 0 aliphatic carbocycles. The molecule has 0 spiro atoms. The third-order valence-corrected chi connectivity index (χ3v) is 18.1. The molecular formula is C97H78BBr5MgN3S. The van der Waals surface area contributed by atoms with Crippen LogP contribution in [0.25, 0.3) is 100 Å². The first-order valence-corrected chi connectivity index (χ1v) is 37.5. The van der Waals surface area contributed by atoms with Crippen LogP contribution in [0.2, 0.25) is 0 Å². The van der Waals surface area contributed by atoms with Gasteiger partial charge in [-0.2, -0.15) is 36.4 Å². The van der Waals surface area contributed by atoms with Gasteiger partial charge in [0.15, 0.2) is 0 Å². The van der Waals surface area contributed by atoms with E-state index in [4.69, 9.17) is 5.73 Å². The van der Waals surface area contributed by atoms with Crippen LogP contribution < -0.4 is 28.0 Å². The first-order valence-electron chi connectivity index (χ1n) is 33.9. The number of nitrogens with two attached hydrogens (primary N) is 1. The van der Waals surface area contributed by atoms with Gasteiger partial charge in [0.25, 0.3) is 0 Å². The number of nitrogen functional groups attached to an aromatic ring is 1. The van der Waals surface area contributed by atoms with Crippen LogP contribution in [-0.2, 0) is 0 Å². The molecule has 0 heterocycles. The molecule has 0 unspecified atom stereocenters. The number of hydrogen-bond donors (Lipinski definition) is 3. The third kappa shape index (κ3) is 28.3. The zero-order valence-electron chi connectivity index (χ0n) is 58.6. The summed E-state index contributed by atoms with van der Waals surface area (Å²) in [7, 11) is 4.34. The Morgan fingerprint density at radius 2 is 0.435 bits per heavy atom. The smallest absolute Gasteiger partial charge is 1.00 e. The molecule has 108 heavy (non-hydrogen) atoms. The zero-order chi connectivity index (χ0) is 73.1. The van der Waals surface area contributed by atoms with Crippen LogP contribution in [0, 0.1) is 6.07 Å². The second kappa shape index (κ2) is 47.3. The summed E-state index contributed by atoms with van der Waals surface area (Å²) in [5.74, 6) is 0. The maximum Gasteiger partial charge on any atom is 2.00 e. The summed E-state index contributed by atoms with van der Waals surface area (Å²) in [6.07, 6.45) is 0. The van der Waals surface area contributed by atoms with Crippen molar-refractivity contribution in [3.63, 3.8) is 0 Å². The van der Waals surface area contributed by atoms with E-state index in [9.17, 15) is 0 Å². The molecule has 0 saturated carbocycles. The largest absolute Gasteiger partial charge is 2.00 e. The summed E-state index contributed by atoms with van der Waals surface area (Å²) in [6, 6.07) is 150. The Labute approximate surface area is 705 Å². The monoisotopic (exact) mass is 1750 g/mol. The SMILES string of the molecule is Brc1cc(Br)cc(Br)c1.Brc1ccc(-c2cc(-c3ccccc3)cc(-c3ccccc3)c2)cc1.C.Nc1ccccc1.[B]=NS.[Br-].[Mg+2].[c-]1ccccc1.c1ccc(-c2cc(-c3ccccc3)cc(-c3ccccc3)c2)cc1.c1ccc(Nc2ccc(-c3cc(-c4ccccc4)cc(-c4ccccc4)c3)cc2)cc1. The van der Waals surface area contributed by atoms with E-state index in [2.05, 4.69) is 427 Å². The Hall–Kier alpha value is -9.50. The van der Waals surface area contributed by atoms with E-state index in [0.29, 0.717) is 0 Å². The van der Waals surface area contributed by atoms with Crippen LogP contribution in [0.1, 0.15) is 7.43 Å². The van der Waals surface area contributed by atoms with Crippen molar-refractivity contribution in [2.45, 2.75) is 7.43 Å². The van der Waals surface area contributed by atoms with E-state index < -0.39 is 0 Å². The van der Waals surface area contributed by atoms with Crippen molar-refractivity contribution < 1.29 is 17.0 Å². The van der Waals surface area contributed by atoms with Crippen molar-refractivity contribution in [2.24, 2.45) is 4.30 Å². The molecule has 0 aromatic heterocycles. The second-order valence-electron chi connectivity index (χ2n) is 23.7. The molecule has 3 N–H and O–H groups in total. The van der Waals surface area contributed by atoms with Crippen LogP contribution in [0.15, 0.2) is 447 Å². The average molecular weight is 1750 g/mol. The maximum atomic E-state index is 5.36. The van der Waals surface area contributed by atoms with E-state index in [0.717, 1.165) is 35.0 Å². The molecule has 11 heteroatoms. The van der Waals surface area contributed by atoms with Gasteiger partial charge >= 0.3 is 47.8 Å². The molecular weight excluding hydrogens is 1670 g/mol. The minimum Gasteiger partial charge on any atom is -1.00 e. The zero-order valence-corrected chi connectivity index (χ0v) is 68.8. The molecule has 0 aliphatic rings. The fourth-order valence-electron chi connectivity index (χ4n) is 11.2. The number of para-hydroxylation sites is 2. The van der Waals surface area contributed by atoms with Crippen molar-refractivity contribution in [3.8, 4) is 100 Å². The minimum absolute atomic E-state index is 0. The van der Waals surface area contributed by atoms with Gasteiger partial charge in [0.2, 0.25) is 0 Å². The summed E-state index contributed by atoms with van der Waals surface area (Å²) < 4.78 is 7.01. The molecule has 0 aliphatic heterocycles. The Bertz CT molecular complexity index is 4860. The van der Waals surface area contributed by atoms with Crippen LogP contribution in [-0.4, -0.2) is 30.7 Å². The Morgan fingerprint density at radius 3 is 0.630 bits per heavy atom. The fraction of sp³-hybridized carbons (Fsp3) is 0.0103. The van der Waals surface area contributed by atoms with Crippen molar-refractivity contribution in [1.82, 2.24) is 0 Å². The molecule has 0 saturated heterocycles. The molecule has 0 amide bonds. The predicted molar refractivity (Wildman–Crippen MR) is 481 cm³/mol. The van der Waals surface area contributed by atoms with E-state index in [-0.39, 0.29) is 47.5 Å². The third-order valence-electron chi connectivity index (χ3n) is 16.2. The molecule has 0 bridgehead atoms. The number of nitrogens with one attached hydrogen (secondary N) is 1. The Morgan fingerprint density at radius 1 is 0.250 bits per heavy atom. The van der Waals surface area contributed by atoms with Gasteiger partial charge in [-0.3, -0.25) is 0 Å². The normalized spacial score (nSPS) is 9.74. The summed E-state index contributed by atoms with van der Waals surface area (Å²) in [5, 5.41) is 3.46. The summed E-state index contributed by atoms with van der Waals surface area (Å²) in [6.45, 7) is 0. The Kier molecular flexibility index (Phi) is 37.6. The van der Waals surface area contributed by atoms with Crippen LogP contribution in [0.4, 0.5) is 17.1 Å². The van der Waals surface area contributed by atoms with Crippen molar-refractivity contribution >= 4 is 124 Å². The molecule has 0 atom stereocenters. The van der Waals surface area contributed by atoms with Crippen LogP contribution >= 0.6 is 76.5 Å². The van der Waals surface area contributed by atoms with E-state index >= 15 is 0 Å². The molecule has 16 aromatic carbocycles. The van der Waals surface area contributed by atoms with Gasteiger partial charge in [0.1, 0.15) is 0 Å². The van der Waals surface area contributed by atoms with Gasteiger partial charge in [-0.1, -0.05) is 344 Å². The van der Waals surface area contributed by atoms with Gasteiger partial charge in [-0.15, -0.1) is 0 Å². The van der Waals surface area contributed by atoms with Gasteiger partial charge in [0.05, 0.1) is 0 Å². The Balaban J connectivity index is 0.000000193. The molecule has 527 valence electrons. The number of halogens is 5. The van der Waals surface area contributed by atoms with Crippen molar-refractivity contribution in [1.29, 1.82) is 0 Å². The van der Waals surface area contributed by atoms with Gasteiger partial charge in [-0.25, -0.2) is 0 Å². The summed E-state index contributed by atoms with van der Waals surface area (Å²) in [4.78, 5) is 0. The maximum absolute atomic E-state index is 5.36. The van der Waals surface area contributed by atoms with Gasteiger partial charge in [-0.05, 0) is 221 Å². The number of thiol groups is 1. The molecule has 3 nitrogen and oxygen atoms in total. The number of rotatable bonds is 11. The van der Waals surface area contributed by atoms with Crippen LogP contribution in [0.5, 0.6) is 0 Å². The quantitative estimate of drug-likeness (QED) is 0.0523. The van der Waals surface area contributed by atoms with Crippen molar-refractivity contribution in [3.05, 3.63) is 449 Å². The molecule has 16 aromatic rings. The second-order valence-corrected chi connectivity index (χ2v) is 27.6. The first kappa shape index (κ1) is 85.7. The van der Waals surface area contributed by atoms with Crippen molar-refractivity contribution in [2.75, 3.05) is 11.1 Å². The minimum atomic E-state index is 0. The number of hydrogen-bond acceptors (Lipinski definition) is 4. The van der Waals surface area contributed by atoms with E-state index in [1.807, 2.05) is 97.1 Å². The van der Waals surface area contributed by atoms with Crippen LogP contribution in [0.3, 0.4) is 0 Å². The standard InChI is InChI=1S/C30H23N.C24H17Br.C24H18.C6H3Br3.C6H7N.C6H5.CH4.BHNS.BrH.Mg/c1-4-10-23(11-5-1)26-20-27(24-12-6-2-7-13-24)22-28(21-26)25-16-18-30(19-17-25)31-29-14-8-3-9-15-29;25-24-13-11-20(12-14-24)23-16-21(18-7-3-1-4-8-18)15-22(17-23)19-9-5-2-6-10-19;1-4-10-19(11-5-1)22-16-23(20-12-6-2-7-13-20)18-24(17-22)21-14-8-3-9-15-21;7-4-1-5(8)3-6(9)2-4;7-6-4-2-1-3-5-6;1-2-4-6-5-3-1;;1-2-3;;/h1-22,31H;1-17H;1-18H;1-3H;1-5H,7H2;1-5H;1H4;3H;1H;/q;;;;;-1;;;;+2/p-1. The fourth-order valence-corrected chi connectivity index (χ4v) is 13.9. The molecule has 16 rings (SSSR count). The van der Waals surface area contributed by atoms with Gasteiger partial charge < -0.3 is 28.0 Å². The number of anilines is 3. The molecule has 1 radical (unpaired) electrons.